The van der Waals surface area contributed by atoms with Crippen molar-refractivity contribution in [1.82, 2.24) is 10.6 Å². The van der Waals surface area contributed by atoms with Gasteiger partial charge in [0.1, 0.15) is 0 Å². The summed E-state index contributed by atoms with van der Waals surface area (Å²) in [4.78, 5) is 22.3. The summed E-state index contributed by atoms with van der Waals surface area (Å²) >= 11 is 1.61. The molecule has 0 saturated carbocycles. The second-order valence-corrected chi connectivity index (χ2v) is 4.84. The van der Waals surface area contributed by atoms with Gasteiger partial charge in [-0.15, -0.1) is 11.8 Å². The molecule has 2 amide bonds. The van der Waals surface area contributed by atoms with Gasteiger partial charge < -0.3 is 10.6 Å². The third kappa shape index (κ3) is 4.30. The van der Waals surface area contributed by atoms with E-state index in [9.17, 15) is 9.59 Å². The van der Waals surface area contributed by atoms with Crippen molar-refractivity contribution in [3.8, 4) is 0 Å². The predicted molar refractivity (Wildman–Crippen MR) is 66.8 cm³/mol. The Bertz CT molecular complexity index is 297. The summed E-state index contributed by atoms with van der Waals surface area (Å²) in [6.07, 6.45) is 4.25. The van der Waals surface area contributed by atoms with Crippen molar-refractivity contribution < 1.29 is 9.59 Å². The van der Waals surface area contributed by atoms with Gasteiger partial charge in [0.05, 0.1) is 5.25 Å². The number of amides is 2. The molecule has 1 aliphatic heterocycles. The monoisotopic (exact) mass is 238 g/mol. The molecule has 6 heteroatoms. The van der Waals surface area contributed by atoms with Crippen molar-refractivity contribution in [2.24, 2.45) is 0 Å². The minimum atomic E-state index is -0.565. The second kappa shape index (κ2) is 6.63. The molecule has 16 heavy (non-hydrogen) atoms. The topological polar surface area (TPSA) is 58.2 Å². The first-order valence-corrected chi connectivity index (χ1v) is 6.26. The highest BCUT2D eigenvalue weighted by atomic mass is 32.2. The van der Waals surface area contributed by atoms with E-state index in [2.05, 4.69) is 10.6 Å². The van der Waals surface area contributed by atoms with E-state index in [4.69, 9.17) is 7.85 Å². The highest BCUT2D eigenvalue weighted by Gasteiger charge is 2.25. The van der Waals surface area contributed by atoms with Gasteiger partial charge in [-0.1, -0.05) is 12.2 Å². The van der Waals surface area contributed by atoms with Gasteiger partial charge in [-0.2, -0.15) is 0 Å². The third-order valence-corrected chi connectivity index (χ3v) is 3.48. The van der Waals surface area contributed by atoms with Crippen LogP contribution < -0.4 is 10.6 Å². The van der Waals surface area contributed by atoms with Crippen LogP contribution in [-0.4, -0.2) is 43.1 Å². The fraction of sp³-hybridized carbons (Fsp3) is 0.600. The molecule has 0 spiro atoms. The Morgan fingerprint density at radius 2 is 2.56 bits per heavy atom. The minimum Gasteiger partial charge on any atom is -0.360 e. The number of thioether (sulfide) groups is 1. The maximum Gasteiger partial charge on any atom is 0.233 e. The normalized spacial score (nSPS) is 22.8. The number of hydrogen-bond donors (Lipinski definition) is 2. The van der Waals surface area contributed by atoms with Gasteiger partial charge in [-0.25, -0.2) is 0 Å². The third-order valence-electron chi connectivity index (χ3n) is 2.23. The largest absolute Gasteiger partial charge is 0.360 e. The van der Waals surface area contributed by atoms with E-state index < -0.39 is 5.81 Å². The number of rotatable bonds is 4. The van der Waals surface area contributed by atoms with Crippen LogP contribution in [0.25, 0.3) is 0 Å². The van der Waals surface area contributed by atoms with Gasteiger partial charge in [0.2, 0.25) is 13.8 Å². The van der Waals surface area contributed by atoms with Crippen LogP contribution in [-0.2, 0) is 4.79 Å². The number of carbonyl (C=O) groups is 2. The molecule has 0 bridgehead atoms. The van der Waals surface area contributed by atoms with Gasteiger partial charge in [0.25, 0.3) is 0 Å². The highest BCUT2D eigenvalue weighted by Crippen LogP contribution is 2.19. The van der Waals surface area contributed by atoms with Crippen molar-refractivity contribution in [2.75, 3.05) is 12.3 Å². The Morgan fingerprint density at radius 1 is 1.81 bits per heavy atom. The van der Waals surface area contributed by atoms with E-state index in [1.165, 1.54) is 0 Å². The molecule has 1 aliphatic rings. The van der Waals surface area contributed by atoms with E-state index in [1.54, 1.807) is 11.8 Å². The highest BCUT2D eigenvalue weighted by molar-refractivity contribution is 8.00. The fourth-order valence-electron chi connectivity index (χ4n) is 1.57. The van der Waals surface area contributed by atoms with E-state index in [1.807, 2.05) is 19.1 Å². The van der Waals surface area contributed by atoms with Crippen molar-refractivity contribution in [3.63, 3.8) is 0 Å². The standard InChI is InChI=1S/C10H15BN2O2S/c1-2-3-7(13-10(11)15)6-8-9(14)12-4-5-16-8/h2-3,7-8H,4-6H2,1H3,(H,12,14)(H,13,15)/b3-2+/t7-,8+/m1/s1. The maximum atomic E-state index is 11.5. The summed E-state index contributed by atoms with van der Waals surface area (Å²) in [6, 6.07) is -0.177. The zero-order valence-corrected chi connectivity index (χ0v) is 10.0. The molecule has 1 fully saturated rings. The summed E-state index contributed by atoms with van der Waals surface area (Å²) in [5.74, 6) is 0.386. The first-order chi connectivity index (χ1) is 7.63. The van der Waals surface area contributed by atoms with E-state index in [-0.39, 0.29) is 17.2 Å². The Hall–Kier alpha value is -0.905. The number of carbonyl (C=O) groups excluding carboxylic acids is 2. The van der Waals surface area contributed by atoms with Gasteiger partial charge in [0.15, 0.2) is 5.81 Å². The van der Waals surface area contributed by atoms with Gasteiger partial charge in [-0.3, -0.25) is 9.59 Å². The Balaban J connectivity index is 2.52. The van der Waals surface area contributed by atoms with Crippen LogP contribution in [0.5, 0.6) is 0 Å². The Kier molecular flexibility index (Phi) is 5.45. The molecule has 4 nitrogen and oxygen atoms in total. The van der Waals surface area contributed by atoms with Crippen LogP contribution in [0, 0.1) is 0 Å². The van der Waals surface area contributed by atoms with Gasteiger partial charge in [-0.05, 0) is 13.3 Å². The van der Waals surface area contributed by atoms with Crippen LogP contribution in [0.15, 0.2) is 12.2 Å². The first kappa shape index (κ1) is 13.2. The van der Waals surface area contributed by atoms with Crippen molar-refractivity contribution in [2.45, 2.75) is 24.6 Å². The fourth-order valence-corrected chi connectivity index (χ4v) is 2.65. The van der Waals surface area contributed by atoms with Crippen LogP contribution in [0.4, 0.5) is 4.79 Å². The van der Waals surface area contributed by atoms with Crippen molar-refractivity contribution >= 4 is 31.3 Å². The average Bonchev–Trinajstić information content (AvgIpc) is 2.21. The van der Waals surface area contributed by atoms with Crippen LogP contribution in [0.1, 0.15) is 13.3 Å². The van der Waals surface area contributed by atoms with E-state index in [0.717, 1.165) is 12.3 Å². The molecular formula is C10H15BN2O2S. The van der Waals surface area contributed by atoms with Crippen LogP contribution >= 0.6 is 11.8 Å². The van der Waals surface area contributed by atoms with E-state index >= 15 is 0 Å². The second-order valence-electron chi connectivity index (χ2n) is 3.53. The molecule has 0 aromatic heterocycles. The van der Waals surface area contributed by atoms with Gasteiger partial charge in [0, 0.05) is 18.3 Å². The minimum absolute atomic E-state index is 0.0389. The van der Waals surface area contributed by atoms with Gasteiger partial charge >= 0.3 is 0 Å². The molecule has 86 valence electrons. The van der Waals surface area contributed by atoms with Crippen molar-refractivity contribution in [1.29, 1.82) is 0 Å². The SMILES string of the molecule is [B]C(=O)N[C@H](/C=C/C)C[C@@H]1SCCNC1=O. The lowest BCUT2D eigenvalue weighted by Gasteiger charge is -2.24. The zero-order chi connectivity index (χ0) is 12.0. The number of nitrogens with one attached hydrogen (secondary N) is 2. The first-order valence-electron chi connectivity index (χ1n) is 5.21. The summed E-state index contributed by atoms with van der Waals surface area (Å²) in [6.45, 7) is 2.58. The molecule has 0 aromatic rings. The molecule has 2 atom stereocenters. The molecule has 0 aliphatic carbocycles. The summed E-state index contributed by atoms with van der Waals surface area (Å²) in [5, 5.41) is 5.30. The lowest BCUT2D eigenvalue weighted by atomic mass is 10.1. The number of allylic oxidation sites excluding steroid dienone is 1. The molecule has 1 saturated heterocycles. The summed E-state index contributed by atoms with van der Waals surface area (Å²) in [5.41, 5.74) is 0. The molecule has 0 aromatic carbocycles. The Labute approximate surface area is 101 Å². The van der Waals surface area contributed by atoms with Crippen LogP contribution in [0.2, 0.25) is 0 Å². The maximum absolute atomic E-state index is 11.5. The summed E-state index contributed by atoms with van der Waals surface area (Å²) < 4.78 is 0. The smallest absolute Gasteiger partial charge is 0.233 e. The predicted octanol–water partition coefficient (Wildman–Crippen LogP) is 0.431. The lowest BCUT2D eigenvalue weighted by Crippen LogP contribution is -2.43. The lowest BCUT2D eigenvalue weighted by molar-refractivity contribution is -0.120. The summed E-state index contributed by atoms with van der Waals surface area (Å²) in [7, 11) is 5.07. The van der Waals surface area contributed by atoms with Crippen LogP contribution in [0.3, 0.4) is 0 Å². The number of hydrogen-bond acceptors (Lipinski definition) is 3. The molecule has 0 unspecified atom stereocenters. The zero-order valence-electron chi connectivity index (χ0n) is 9.23. The molecule has 2 radical (unpaired) electrons. The van der Waals surface area contributed by atoms with Crippen molar-refractivity contribution in [3.05, 3.63) is 12.2 Å². The molecule has 1 heterocycles. The Morgan fingerprint density at radius 3 is 3.12 bits per heavy atom. The molecular weight excluding hydrogens is 223 g/mol. The molecule has 2 N–H and O–H groups in total. The van der Waals surface area contributed by atoms with E-state index in [0.29, 0.717) is 6.42 Å². The quantitative estimate of drug-likeness (QED) is 0.551. The average molecular weight is 238 g/mol. The molecule has 1 rings (SSSR count).